The van der Waals surface area contributed by atoms with Crippen molar-refractivity contribution in [2.45, 2.75) is 66.3 Å². The lowest BCUT2D eigenvalue weighted by Crippen LogP contribution is -2.19. The molecule has 1 rings (SSSR count). The predicted molar refractivity (Wildman–Crippen MR) is 95.4 cm³/mol. The maximum Gasteiger partial charge on any atom is 0.185 e. The Morgan fingerprint density at radius 3 is 2.57 bits per heavy atom. The summed E-state index contributed by atoms with van der Waals surface area (Å²) >= 11 is 1.87. The molecule has 1 N–H and O–H groups in total. The molecule has 0 aliphatic rings. The van der Waals surface area contributed by atoms with Gasteiger partial charge in [0.25, 0.3) is 0 Å². The Kier molecular flexibility index (Phi) is 8.93. The zero-order valence-corrected chi connectivity index (χ0v) is 15.4. The van der Waals surface area contributed by atoms with E-state index in [-0.39, 0.29) is 0 Å². The van der Waals surface area contributed by atoms with Crippen molar-refractivity contribution in [2.24, 2.45) is 5.92 Å². The number of thiazole rings is 1. The van der Waals surface area contributed by atoms with Gasteiger partial charge < -0.3 is 10.2 Å². The number of aromatic nitrogens is 1. The van der Waals surface area contributed by atoms with Crippen molar-refractivity contribution in [3.05, 3.63) is 10.6 Å². The lowest BCUT2D eigenvalue weighted by atomic mass is 10.2. The molecule has 0 aliphatic heterocycles. The van der Waals surface area contributed by atoms with Gasteiger partial charge in [-0.25, -0.2) is 4.98 Å². The molecule has 0 fully saturated rings. The monoisotopic (exact) mass is 311 g/mol. The van der Waals surface area contributed by atoms with Crippen LogP contribution in [0.4, 0.5) is 5.13 Å². The van der Waals surface area contributed by atoms with Gasteiger partial charge in [0.1, 0.15) is 0 Å². The maximum absolute atomic E-state index is 4.88. The number of aryl methyl sites for hydroxylation is 1. The Bertz CT molecular complexity index is 387. The molecule has 3 nitrogen and oxygen atoms in total. The molecule has 0 unspecified atom stereocenters. The van der Waals surface area contributed by atoms with E-state index in [1.165, 1.54) is 41.4 Å². The largest absolute Gasteiger partial charge is 0.351 e. The van der Waals surface area contributed by atoms with Crippen LogP contribution in [0.3, 0.4) is 0 Å². The van der Waals surface area contributed by atoms with Crippen LogP contribution in [0.25, 0.3) is 0 Å². The fourth-order valence-electron chi connectivity index (χ4n) is 2.27. The third-order valence-corrected chi connectivity index (χ3v) is 4.73. The fraction of sp³-hybridized carbons (Fsp3) is 0.824. The minimum absolute atomic E-state index is 0.698. The van der Waals surface area contributed by atoms with Gasteiger partial charge in [0.15, 0.2) is 5.13 Å². The fourth-order valence-corrected chi connectivity index (χ4v) is 3.34. The highest BCUT2D eigenvalue weighted by Crippen LogP contribution is 2.27. The molecule has 1 aromatic heterocycles. The van der Waals surface area contributed by atoms with Gasteiger partial charge in [-0.05, 0) is 25.3 Å². The van der Waals surface area contributed by atoms with Crippen LogP contribution in [-0.4, -0.2) is 25.1 Å². The summed E-state index contributed by atoms with van der Waals surface area (Å²) in [6, 6.07) is 0. The molecule has 21 heavy (non-hydrogen) atoms. The zero-order chi connectivity index (χ0) is 15.7. The number of nitrogens with zero attached hydrogens (tertiary/aromatic N) is 2. The van der Waals surface area contributed by atoms with E-state index >= 15 is 0 Å². The van der Waals surface area contributed by atoms with E-state index in [0.29, 0.717) is 5.92 Å². The predicted octanol–water partition coefficient (Wildman–Crippen LogP) is 4.47. The molecule has 1 aromatic rings. The third-order valence-electron chi connectivity index (χ3n) is 3.52. The lowest BCUT2D eigenvalue weighted by Gasteiger charge is -2.14. The molecular formula is C17H33N3S. The topological polar surface area (TPSA) is 28.2 Å². The third kappa shape index (κ3) is 6.79. The second-order valence-electron chi connectivity index (χ2n) is 6.27. The summed E-state index contributed by atoms with van der Waals surface area (Å²) in [4.78, 5) is 8.63. The summed E-state index contributed by atoms with van der Waals surface area (Å²) in [5.74, 6) is 0.698. The molecule has 0 spiro atoms. The van der Waals surface area contributed by atoms with Gasteiger partial charge in [-0.1, -0.05) is 47.0 Å². The molecule has 1 heterocycles. The molecule has 0 aliphatic carbocycles. The van der Waals surface area contributed by atoms with Gasteiger partial charge in [0.05, 0.1) is 5.69 Å². The molecule has 122 valence electrons. The van der Waals surface area contributed by atoms with E-state index in [4.69, 9.17) is 4.98 Å². The van der Waals surface area contributed by atoms with E-state index in [1.807, 2.05) is 11.3 Å². The molecule has 0 radical (unpaired) electrons. The maximum atomic E-state index is 4.88. The summed E-state index contributed by atoms with van der Waals surface area (Å²) in [7, 11) is 2.18. The Morgan fingerprint density at radius 2 is 1.95 bits per heavy atom. The number of unbranched alkanes of at least 4 members (excludes halogenated alkanes) is 2. The Labute approximate surface area is 135 Å². The second-order valence-corrected chi connectivity index (χ2v) is 7.33. The Morgan fingerprint density at radius 1 is 1.19 bits per heavy atom. The minimum Gasteiger partial charge on any atom is -0.351 e. The van der Waals surface area contributed by atoms with Crippen LogP contribution in [0.5, 0.6) is 0 Å². The van der Waals surface area contributed by atoms with Crippen LogP contribution in [0, 0.1) is 5.92 Å². The normalized spacial score (nSPS) is 11.3. The molecule has 0 atom stereocenters. The van der Waals surface area contributed by atoms with E-state index in [2.05, 4.69) is 45.0 Å². The minimum atomic E-state index is 0.698. The first kappa shape index (κ1) is 18.4. The summed E-state index contributed by atoms with van der Waals surface area (Å²) in [5.41, 5.74) is 1.30. The number of hydrogen-bond donors (Lipinski definition) is 1. The smallest absolute Gasteiger partial charge is 0.185 e. The van der Waals surface area contributed by atoms with E-state index in [9.17, 15) is 0 Å². The van der Waals surface area contributed by atoms with Crippen molar-refractivity contribution in [1.82, 2.24) is 10.3 Å². The van der Waals surface area contributed by atoms with Gasteiger partial charge in [-0.2, -0.15) is 0 Å². The van der Waals surface area contributed by atoms with E-state index in [1.54, 1.807) is 0 Å². The average molecular weight is 312 g/mol. The second kappa shape index (κ2) is 10.2. The molecule has 0 saturated heterocycles. The molecule has 4 heteroatoms. The molecule has 0 amide bonds. The van der Waals surface area contributed by atoms with Crippen LogP contribution in [-0.2, 0) is 13.0 Å². The number of anilines is 1. The van der Waals surface area contributed by atoms with Crippen LogP contribution >= 0.6 is 11.3 Å². The molecule has 0 aromatic carbocycles. The zero-order valence-electron chi connectivity index (χ0n) is 14.5. The van der Waals surface area contributed by atoms with Gasteiger partial charge >= 0.3 is 0 Å². The highest BCUT2D eigenvalue weighted by atomic mass is 32.1. The number of hydrogen-bond acceptors (Lipinski definition) is 4. The van der Waals surface area contributed by atoms with Crippen LogP contribution in [0.1, 0.15) is 63.9 Å². The molecular weight excluding hydrogens is 278 g/mol. The van der Waals surface area contributed by atoms with E-state index in [0.717, 1.165) is 26.1 Å². The number of rotatable bonds is 11. The standard InChI is InChI=1S/C17H33N3S/c1-6-8-9-11-20(5)17-19-15(10-7-2)16(21-17)13-18-12-14(3)4/h14,18H,6-13H2,1-5H3. The Balaban J connectivity index is 2.63. The van der Waals surface area contributed by atoms with Crippen molar-refractivity contribution < 1.29 is 0 Å². The SMILES string of the molecule is CCCCCN(C)c1nc(CCC)c(CNCC(C)C)s1. The van der Waals surface area contributed by atoms with Gasteiger partial charge in [-0.15, -0.1) is 11.3 Å². The first-order valence-corrected chi connectivity index (χ1v) is 9.30. The van der Waals surface area contributed by atoms with Crippen LogP contribution < -0.4 is 10.2 Å². The van der Waals surface area contributed by atoms with Crippen molar-refractivity contribution in [3.8, 4) is 0 Å². The molecule has 0 bridgehead atoms. The average Bonchev–Trinajstić information content (AvgIpc) is 2.82. The van der Waals surface area contributed by atoms with Crippen LogP contribution in [0.15, 0.2) is 0 Å². The van der Waals surface area contributed by atoms with Gasteiger partial charge in [0.2, 0.25) is 0 Å². The van der Waals surface area contributed by atoms with Crippen molar-refractivity contribution in [2.75, 3.05) is 25.0 Å². The van der Waals surface area contributed by atoms with Crippen LogP contribution in [0.2, 0.25) is 0 Å². The number of nitrogens with one attached hydrogen (secondary N) is 1. The van der Waals surface area contributed by atoms with Gasteiger partial charge in [-0.3, -0.25) is 0 Å². The highest BCUT2D eigenvalue weighted by Gasteiger charge is 2.13. The van der Waals surface area contributed by atoms with Crippen molar-refractivity contribution in [1.29, 1.82) is 0 Å². The van der Waals surface area contributed by atoms with E-state index < -0.39 is 0 Å². The summed E-state index contributed by atoms with van der Waals surface area (Å²) < 4.78 is 0. The summed E-state index contributed by atoms with van der Waals surface area (Å²) in [6.45, 7) is 12.1. The molecule has 0 saturated carbocycles. The van der Waals surface area contributed by atoms with Gasteiger partial charge in [0, 0.05) is 25.0 Å². The quantitative estimate of drug-likeness (QED) is 0.611. The first-order valence-electron chi connectivity index (χ1n) is 8.48. The van der Waals surface area contributed by atoms with Crippen molar-refractivity contribution >= 4 is 16.5 Å². The highest BCUT2D eigenvalue weighted by molar-refractivity contribution is 7.15. The van der Waals surface area contributed by atoms with Crippen molar-refractivity contribution in [3.63, 3.8) is 0 Å². The summed E-state index contributed by atoms with van der Waals surface area (Å²) in [6.07, 6.45) is 6.10. The Hall–Kier alpha value is -0.610. The summed E-state index contributed by atoms with van der Waals surface area (Å²) in [5, 5.41) is 4.75. The first-order chi connectivity index (χ1) is 10.1. The lowest BCUT2D eigenvalue weighted by molar-refractivity contribution is 0.553.